The van der Waals surface area contributed by atoms with E-state index < -0.39 is 27.3 Å². The largest absolute Gasteiger partial charge is 0.281 e. The zero-order chi connectivity index (χ0) is 22.0. The maximum absolute atomic E-state index is 13.6. The fourth-order valence-corrected chi connectivity index (χ4v) is 5.21. The van der Waals surface area contributed by atoms with E-state index in [0.29, 0.717) is 20.9 Å². The number of nitrogens with zero attached hydrogens (tertiary/aromatic N) is 3. The quantitative estimate of drug-likeness (QED) is 0.410. The highest BCUT2D eigenvalue weighted by Gasteiger charge is 2.27. The van der Waals surface area contributed by atoms with Crippen LogP contribution in [0.15, 0.2) is 71.8 Å². The second-order valence-corrected chi connectivity index (χ2v) is 10.1. The lowest BCUT2D eigenvalue weighted by Gasteiger charge is -2.19. The number of hydrogen-bond acceptors (Lipinski definition) is 6. The van der Waals surface area contributed by atoms with Gasteiger partial charge in [-0.3, -0.25) is 14.7 Å². The van der Waals surface area contributed by atoms with Gasteiger partial charge in [0.25, 0.3) is 0 Å². The van der Waals surface area contributed by atoms with Gasteiger partial charge in [0.05, 0.1) is 27.4 Å². The molecule has 0 atom stereocenters. The number of amides is 1. The van der Waals surface area contributed by atoms with Crippen molar-refractivity contribution >= 4 is 54.0 Å². The molecule has 2 heterocycles. The number of rotatable bonds is 6. The van der Waals surface area contributed by atoms with Gasteiger partial charge in [0.2, 0.25) is 5.91 Å². The summed E-state index contributed by atoms with van der Waals surface area (Å²) in [5, 5.41) is 0.659. The number of thiazole rings is 1. The van der Waals surface area contributed by atoms with Gasteiger partial charge in [-0.2, -0.15) is 0 Å². The normalized spacial score (nSPS) is 11.5. The average Bonchev–Trinajstić information content (AvgIpc) is 3.15. The highest BCUT2D eigenvalue weighted by molar-refractivity contribution is 7.92. The van der Waals surface area contributed by atoms with Crippen LogP contribution >= 0.6 is 22.9 Å². The minimum absolute atomic E-state index is 0.00518. The first kappa shape index (κ1) is 21.4. The third-order valence-corrected chi connectivity index (χ3v) is 7.31. The van der Waals surface area contributed by atoms with Crippen LogP contribution in [0.1, 0.15) is 5.69 Å². The number of halogens is 2. The summed E-state index contributed by atoms with van der Waals surface area (Å²) in [7, 11) is -3.91. The van der Waals surface area contributed by atoms with Crippen LogP contribution in [-0.2, 0) is 21.2 Å². The van der Waals surface area contributed by atoms with Crippen LogP contribution in [0.3, 0.4) is 0 Å². The molecule has 2 aromatic carbocycles. The molecule has 0 fully saturated rings. The maximum atomic E-state index is 13.6. The molecular formula is C21H15ClFN3O3S2. The Hall–Kier alpha value is -2.88. The summed E-state index contributed by atoms with van der Waals surface area (Å²) in [6.07, 6.45) is 1.58. The highest BCUT2D eigenvalue weighted by atomic mass is 35.5. The Balaban J connectivity index is 1.69. The molecule has 158 valence electrons. The summed E-state index contributed by atoms with van der Waals surface area (Å²) in [5.74, 6) is -1.85. The van der Waals surface area contributed by atoms with Gasteiger partial charge in [-0.1, -0.05) is 29.0 Å². The van der Waals surface area contributed by atoms with Crippen LogP contribution in [0.25, 0.3) is 10.2 Å². The zero-order valence-corrected chi connectivity index (χ0v) is 18.3. The molecule has 4 rings (SSSR count). The molecule has 6 nitrogen and oxygen atoms in total. The van der Waals surface area contributed by atoms with Gasteiger partial charge >= 0.3 is 0 Å². The summed E-state index contributed by atoms with van der Waals surface area (Å²) in [5.41, 5.74) is 1.07. The topological polar surface area (TPSA) is 80.2 Å². The molecule has 0 spiro atoms. The van der Waals surface area contributed by atoms with Crippen LogP contribution in [0.2, 0.25) is 5.02 Å². The Bertz CT molecular complexity index is 1340. The molecule has 0 aliphatic heterocycles. The molecule has 0 N–H and O–H groups in total. The Morgan fingerprint density at radius 1 is 1.10 bits per heavy atom. The van der Waals surface area contributed by atoms with Crippen molar-refractivity contribution < 1.29 is 17.6 Å². The van der Waals surface area contributed by atoms with E-state index in [-0.39, 0.29) is 16.6 Å². The summed E-state index contributed by atoms with van der Waals surface area (Å²) in [4.78, 5) is 23.0. The number of benzene rings is 2. The minimum atomic E-state index is -3.91. The third kappa shape index (κ3) is 4.90. The first-order chi connectivity index (χ1) is 14.8. The van der Waals surface area contributed by atoms with Crippen LogP contribution in [0, 0.1) is 5.82 Å². The summed E-state index contributed by atoms with van der Waals surface area (Å²) in [6.45, 7) is 0.0259. The first-order valence-electron chi connectivity index (χ1n) is 9.06. The number of aromatic nitrogens is 2. The number of carbonyl (C=O) groups is 1. The third-order valence-electron chi connectivity index (χ3n) is 4.40. The molecule has 0 unspecified atom stereocenters. The van der Waals surface area contributed by atoms with Crippen molar-refractivity contribution in [1.29, 1.82) is 0 Å². The molecule has 4 aromatic rings. The monoisotopic (exact) mass is 475 g/mol. The van der Waals surface area contributed by atoms with Crippen LogP contribution in [0.5, 0.6) is 0 Å². The Labute approximate surface area is 186 Å². The standard InChI is InChI=1S/C21H15ClFN3O3S2/c22-14-4-7-17(8-5-14)31(28,29)13-20(27)26(12-16-3-1-2-10-24-16)21-25-18-9-6-15(23)11-19(18)30-21/h1-11H,12-13H2. The molecular weight excluding hydrogens is 461 g/mol. The van der Waals surface area contributed by atoms with Crippen LogP contribution in [0.4, 0.5) is 9.52 Å². The fourth-order valence-electron chi connectivity index (χ4n) is 2.88. The molecule has 2 aromatic heterocycles. The fraction of sp³-hybridized carbons (Fsp3) is 0.0952. The molecule has 0 aliphatic carbocycles. The Morgan fingerprint density at radius 3 is 2.58 bits per heavy atom. The average molecular weight is 476 g/mol. The van der Waals surface area contributed by atoms with Crippen molar-refractivity contribution in [2.75, 3.05) is 10.7 Å². The lowest BCUT2D eigenvalue weighted by Crippen LogP contribution is -2.35. The van der Waals surface area contributed by atoms with E-state index in [4.69, 9.17) is 11.6 Å². The molecule has 0 radical (unpaired) electrons. The van der Waals surface area contributed by atoms with E-state index in [2.05, 4.69) is 9.97 Å². The van der Waals surface area contributed by atoms with E-state index in [1.807, 2.05) is 0 Å². The van der Waals surface area contributed by atoms with Crippen molar-refractivity contribution in [3.63, 3.8) is 0 Å². The van der Waals surface area contributed by atoms with Crippen LogP contribution < -0.4 is 4.90 Å². The van der Waals surface area contributed by atoms with Gasteiger partial charge in [-0.25, -0.2) is 17.8 Å². The smallest absolute Gasteiger partial charge is 0.244 e. The summed E-state index contributed by atoms with van der Waals surface area (Å²) >= 11 is 6.93. The van der Waals surface area contributed by atoms with Gasteiger partial charge in [-0.15, -0.1) is 0 Å². The second kappa shape index (κ2) is 8.70. The zero-order valence-electron chi connectivity index (χ0n) is 15.9. The van der Waals surface area contributed by atoms with E-state index in [1.165, 1.54) is 47.4 Å². The van der Waals surface area contributed by atoms with Crippen molar-refractivity contribution in [2.45, 2.75) is 11.4 Å². The maximum Gasteiger partial charge on any atom is 0.244 e. The van der Waals surface area contributed by atoms with Crippen LogP contribution in [-0.4, -0.2) is 30.0 Å². The Morgan fingerprint density at radius 2 is 1.87 bits per heavy atom. The first-order valence-corrected chi connectivity index (χ1v) is 11.9. The van der Waals surface area contributed by atoms with Gasteiger partial charge in [0.1, 0.15) is 11.6 Å². The molecule has 0 aliphatic rings. The number of sulfone groups is 1. The molecule has 0 saturated heterocycles. The van der Waals surface area contributed by atoms with Gasteiger partial charge in [0.15, 0.2) is 15.0 Å². The van der Waals surface area contributed by atoms with Crippen molar-refractivity contribution in [2.24, 2.45) is 0 Å². The van der Waals surface area contributed by atoms with Gasteiger partial charge < -0.3 is 0 Å². The number of carbonyl (C=O) groups excluding carboxylic acids is 1. The van der Waals surface area contributed by atoms with E-state index in [9.17, 15) is 17.6 Å². The minimum Gasteiger partial charge on any atom is -0.281 e. The predicted molar refractivity (Wildman–Crippen MR) is 119 cm³/mol. The lowest BCUT2D eigenvalue weighted by atomic mass is 10.3. The van der Waals surface area contributed by atoms with Crippen molar-refractivity contribution in [1.82, 2.24) is 9.97 Å². The molecule has 0 saturated carbocycles. The van der Waals surface area contributed by atoms with Crippen molar-refractivity contribution in [3.8, 4) is 0 Å². The summed E-state index contributed by atoms with van der Waals surface area (Å²) < 4.78 is 39.7. The lowest BCUT2D eigenvalue weighted by molar-refractivity contribution is -0.116. The number of pyridine rings is 1. The Kier molecular flexibility index (Phi) is 5.99. The molecule has 1 amide bonds. The van der Waals surface area contributed by atoms with Crippen molar-refractivity contribution in [3.05, 3.63) is 83.4 Å². The number of hydrogen-bond donors (Lipinski definition) is 0. The number of fused-ring (bicyclic) bond motifs is 1. The van der Waals surface area contributed by atoms with E-state index >= 15 is 0 Å². The molecule has 0 bridgehead atoms. The van der Waals surface area contributed by atoms with E-state index in [0.717, 1.165) is 11.3 Å². The summed E-state index contributed by atoms with van der Waals surface area (Å²) in [6, 6.07) is 15.0. The SMILES string of the molecule is O=C(CS(=O)(=O)c1ccc(Cl)cc1)N(Cc1ccccn1)c1nc2ccc(F)cc2s1. The molecule has 10 heteroatoms. The number of anilines is 1. The predicted octanol–water partition coefficient (Wildman–Crippen LogP) is 4.49. The molecule has 31 heavy (non-hydrogen) atoms. The van der Waals surface area contributed by atoms with Gasteiger partial charge in [-0.05, 0) is 54.6 Å². The van der Waals surface area contributed by atoms with E-state index in [1.54, 1.807) is 24.4 Å². The highest BCUT2D eigenvalue weighted by Crippen LogP contribution is 2.30. The second-order valence-electron chi connectivity index (χ2n) is 6.62. The van der Waals surface area contributed by atoms with Gasteiger partial charge in [0, 0.05) is 11.2 Å².